The third-order valence-corrected chi connectivity index (χ3v) is 5.17. The van der Waals surface area contributed by atoms with Crippen molar-refractivity contribution in [3.63, 3.8) is 0 Å². The summed E-state index contributed by atoms with van der Waals surface area (Å²) in [6, 6.07) is 15.5. The number of benzene rings is 2. The summed E-state index contributed by atoms with van der Waals surface area (Å²) >= 11 is 6.93. The van der Waals surface area contributed by atoms with E-state index < -0.39 is 17.4 Å². The molecule has 1 aliphatic carbocycles. The number of rotatable bonds is 6. The predicted octanol–water partition coefficient (Wildman–Crippen LogP) is 4.02. The van der Waals surface area contributed by atoms with Gasteiger partial charge in [-0.15, -0.1) is 0 Å². The van der Waals surface area contributed by atoms with Crippen molar-refractivity contribution in [3.8, 4) is 11.1 Å². The zero-order chi connectivity index (χ0) is 17.8. The zero-order valence-electron chi connectivity index (χ0n) is 13.7. The van der Waals surface area contributed by atoms with Crippen molar-refractivity contribution >= 4 is 34.7 Å². The van der Waals surface area contributed by atoms with Crippen LogP contribution >= 0.6 is 23.4 Å². The molecule has 2 aromatic carbocycles. The Bertz CT molecular complexity index is 750. The summed E-state index contributed by atoms with van der Waals surface area (Å²) in [4.78, 5) is 23.4. The van der Waals surface area contributed by atoms with Crippen LogP contribution in [0.1, 0.15) is 17.0 Å². The van der Waals surface area contributed by atoms with Gasteiger partial charge in [0.25, 0.3) is 0 Å². The van der Waals surface area contributed by atoms with Crippen molar-refractivity contribution in [3.05, 3.63) is 59.7 Å². The number of ether oxygens (including phenoxy) is 1. The van der Waals surface area contributed by atoms with Crippen LogP contribution in [0.3, 0.4) is 0 Å². The van der Waals surface area contributed by atoms with Gasteiger partial charge in [0.05, 0.1) is 0 Å². The van der Waals surface area contributed by atoms with Gasteiger partial charge >= 0.3 is 6.09 Å². The van der Waals surface area contributed by atoms with Crippen molar-refractivity contribution in [1.82, 2.24) is 5.32 Å². The van der Waals surface area contributed by atoms with E-state index >= 15 is 0 Å². The van der Waals surface area contributed by atoms with Crippen LogP contribution in [0.4, 0.5) is 4.79 Å². The van der Waals surface area contributed by atoms with Crippen molar-refractivity contribution in [2.24, 2.45) is 0 Å². The molecule has 2 aromatic rings. The van der Waals surface area contributed by atoms with Gasteiger partial charge < -0.3 is 10.1 Å². The van der Waals surface area contributed by atoms with Gasteiger partial charge in [0.2, 0.25) is 5.24 Å². The maximum atomic E-state index is 12.1. The van der Waals surface area contributed by atoms with Crippen molar-refractivity contribution in [1.29, 1.82) is 0 Å². The largest absolute Gasteiger partial charge is 0.449 e. The van der Waals surface area contributed by atoms with Gasteiger partial charge in [-0.25, -0.2) is 4.79 Å². The van der Waals surface area contributed by atoms with Crippen LogP contribution in [0, 0.1) is 0 Å². The first-order chi connectivity index (χ1) is 12.1. The molecule has 130 valence electrons. The lowest BCUT2D eigenvalue weighted by Crippen LogP contribution is -2.41. The van der Waals surface area contributed by atoms with Gasteiger partial charge in [-0.1, -0.05) is 48.5 Å². The third kappa shape index (κ3) is 3.83. The number of carbonyl (C=O) groups is 2. The minimum atomic E-state index is -0.743. The molecule has 0 radical (unpaired) electrons. The molecule has 4 nitrogen and oxygen atoms in total. The molecule has 1 amide bonds. The van der Waals surface area contributed by atoms with Crippen LogP contribution in [-0.2, 0) is 9.53 Å². The van der Waals surface area contributed by atoms with Crippen LogP contribution in [0.25, 0.3) is 11.1 Å². The lowest BCUT2D eigenvalue weighted by Gasteiger charge is -2.17. The van der Waals surface area contributed by atoms with E-state index in [4.69, 9.17) is 16.3 Å². The second-order valence-electron chi connectivity index (χ2n) is 5.78. The molecule has 0 aromatic heterocycles. The topological polar surface area (TPSA) is 55.4 Å². The highest BCUT2D eigenvalue weighted by molar-refractivity contribution is 7.98. The SMILES string of the molecule is CSC[C@H](NC(=O)OCC1c2ccccc2-c2ccccc21)C(=O)Cl. The van der Waals surface area contributed by atoms with Gasteiger partial charge in [-0.2, -0.15) is 11.8 Å². The van der Waals surface area contributed by atoms with E-state index in [2.05, 4.69) is 29.6 Å². The fraction of sp³-hybridized carbons (Fsp3) is 0.263. The van der Waals surface area contributed by atoms with Gasteiger partial charge in [0.1, 0.15) is 12.6 Å². The van der Waals surface area contributed by atoms with Crippen LogP contribution in [0.2, 0.25) is 0 Å². The van der Waals surface area contributed by atoms with Gasteiger partial charge in [-0.3, -0.25) is 4.79 Å². The van der Waals surface area contributed by atoms with E-state index in [0.29, 0.717) is 5.75 Å². The molecular formula is C19H18ClNO3S. The minimum Gasteiger partial charge on any atom is -0.449 e. The fourth-order valence-corrected chi connectivity index (χ4v) is 3.90. The van der Waals surface area contributed by atoms with Crippen LogP contribution in [-0.4, -0.2) is 36.0 Å². The first-order valence-corrected chi connectivity index (χ1v) is 9.68. The molecule has 3 rings (SSSR count). The molecule has 0 saturated carbocycles. The molecule has 0 fully saturated rings. The van der Waals surface area contributed by atoms with E-state index in [9.17, 15) is 9.59 Å². The maximum absolute atomic E-state index is 12.1. The monoisotopic (exact) mass is 375 g/mol. The number of fused-ring (bicyclic) bond motifs is 3. The molecule has 1 N–H and O–H groups in total. The standard InChI is InChI=1S/C19H18ClNO3S/c1-25-11-17(18(20)22)21-19(23)24-10-16-14-8-4-2-6-12(14)13-7-3-5-9-15(13)16/h2-9,16-17H,10-11H2,1H3,(H,21,23)/t17-/m0/s1. The second kappa shape index (κ2) is 7.93. The molecule has 0 saturated heterocycles. The highest BCUT2D eigenvalue weighted by Gasteiger charge is 2.29. The molecule has 0 bridgehead atoms. The normalized spacial score (nSPS) is 13.7. The Kier molecular flexibility index (Phi) is 5.66. The number of thioether (sulfide) groups is 1. The maximum Gasteiger partial charge on any atom is 0.407 e. The smallest absolute Gasteiger partial charge is 0.407 e. The third-order valence-electron chi connectivity index (χ3n) is 4.24. The highest BCUT2D eigenvalue weighted by Crippen LogP contribution is 2.44. The first kappa shape index (κ1) is 17.8. The van der Waals surface area contributed by atoms with Crippen molar-refractivity contribution < 1.29 is 14.3 Å². The molecule has 25 heavy (non-hydrogen) atoms. The van der Waals surface area contributed by atoms with E-state index in [0.717, 1.165) is 11.1 Å². The summed E-state index contributed by atoms with van der Waals surface area (Å²) in [5.41, 5.74) is 4.63. The van der Waals surface area contributed by atoms with E-state index in [1.807, 2.05) is 30.5 Å². The molecule has 1 atom stereocenters. The van der Waals surface area contributed by atoms with Gasteiger partial charge in [0.15, 0.2) is 0 Å². The molecule has 0 aliphatic heterocycles. The minimum absolute atomic E-state index is 0.0103. The number of amides is 1. The Morgan fingerprint density at radius 1 is 1.12 bits per heavy atom. The Labute approximate surface area is 155 Å². The Hall–Kier alpha value is -1.98. The summed E-state index contributed by atoms with van der Waals surface area (Å²) in [5, 5.41) is 1.93. The quantitative estimate of drug-likeness (QED) is 0.775. The number of halogens is 1. The Morgan fingerprint density at radius 2 is 1.68 bits per heavy atom. The predicted molar refractivity (Wildman–Crippen MR) is 101 cm³/mol. The first-order valence-electron chi connectivity index (χ1n) is 7.91. The van der Waals surface area contributed by atoms with E-state index in [-0.39, 0.29) is 12.5 Å². The summed E-state index contributed by atoms with van der Waals surface area (Å²) in [7, 11) is 0. The lowest BCUT2D eigenvalue weighted by molar-refractivity contribution is -0.113. The molecule has 0 unspecified atom stereocenters. The van der Waals surface area contributed by atoms with Gasteiger partial charge in [-0.05, 0) is 40.1 Å². The number of alkyl carbamates (subject to hydrolysis) is 1. The average Bonchev–Trinajstić information content (AvgIpc) is 2.93. The fourth-order valence-electron chi connectivity index (χ4n) is 3.11. The number of hydrogen-bond acceptors (Lipinski definition) is 4. The highest BCUT2D eigenvalue weighted by atomic mass is 35.5. The summed E-state index contributed by atoms with van der Waals surface area (Å²) in [6.07, 6.45) is 1.21. The van der Waals surface area contributed by atoms with Crippen LogP contribution in [0.15, 0.2) is 48.5 Å². The average molecular weight is 376 g/mol. The van der Waals surface area contributed by atoms with E-state index in [1.54, 1.807) is 0 Å². The van der Waals surface area contributed by atoms with Crippen molar-refractivity contribution in [2.45, 2.75) is 12.0 Å². The Morgan fingerprint density at radius 3 is 2.20 bits per heavy atom. The summed E-state index contributed by atoms with van der Waals surface area (Å²) in [6.45, 7) is 0.211. The summed E-state index contributed by atoms with van der Waals surface area (Å²) in [5.74, 6) is 0.399. The van der Waals surface area contributed by atoms with Crippen LogP contribution in [0.5, 0.6) is 0 Å². The number of hydrogen-bond donors (Lipinski definition) is 1. The summed E-state index contributed by atoms with van der Waals surface area (Å²) < 4.78 is 5.40. The molecule has 6 heteroatoms. The van der Waals surface area contributed by atoms with Crippen molar-refractivity contribution in [2.75, 3.05) is 18.6 Å². The molecule has 1 aliphatic rings. The zero-order valence-corrected chi connectivity index (χ0v) is 15.3. The van der Waals surface area contributed by atoms with Gasteiger partial charge in [0, 0.05) is 11.7 Å². The van der Waals surface area contributed by atoms with Crippen LogP contribution < -0.4 is 5.32 Å². The molecule has 0 heterocycles. The van der Waals surface area contributed by atoms with E-state index in [1.165, 1.54) is 22.9 Å². The number of carbonyl (C=O) groups excluding carboxylic acids is 2. The molecule has 0 spiro atoms. The second-order valence-corrected chi connectivity index (χ2v) is 7.07. The number of nitrogens with one attached hydrogen (secondary N) is 1. The lowest BCUT2D eigenvalue weighted by atomic mass is 9.98. The Balaban J connectivity index is 1.71. The molecular weight excluding hydrogens is 358 g/mol.